The minimum atomic E-state index is -0.551. The average molecular weight is 297 g/mol. The second-order valence-corrected chi connectivity index (χ2v) is 7.49. The summed E-state index contributed by atoms with van der Waals surface area (Å²) >= 11 is 0. The third-order valence-corrected chi connectivity index (χ3v) is 5.82. The van der Waals surface area contributed by atoms with Gasteiger partial charge >= 0.3 is 0 Å². The molecule has 2 saturated heterocycles. The van der Waals surface area contributed by atoms with E-state index in [-0.39, 0.29) is 5.60 Å². The Hall–Kier alpha value is -0.160. The summed E-state index contributed by atoms with van der Waals surface area (Å²) in [6.07, 6.45) is 10.3. The van der Waals surface area contributed by atoms with Crippen molar-refractivity contribution in [3.8, 4) is 0 Å². The van der Waals surface area contributed by atoms with Gasteiger partial charge < -0.3 is 19.5 Å². The molecule has 0 aromatic carbocycles. The SMILES string of the molecule is CN(CC1(O)CCOCC1)C1CCOC2(CCCCC2)C1. The summed E-state index contributed by atoms with van der Waals surface area (Å²) in [7, 11) is 2.18. The first-order valence-corrected chi connectivity index (χ1v) is 8.75. The summed E-state index contributed by atoms with van der Waals surface area (Å²) in [5, 5.41) is 10.7. The highest BCUT2D eigenvalue weighted by Crippen LogP contribution is 2.40. The molecule has 21 heavy (non-hydrogen) atoms. The van der Waals surface area contributed by atoms with E-state index in [1.165, 1.54) is 32.1 Å². The van der Waals surface area contributed by atoms with Gasteiger partial charge in [0, 0.05) is 45.2 Å². The Bertz CT molecular complexity index is 329. The monoisotopic (exact) mass is 297 g/mol. The van der Waals surface area contributed by atoms with Crippen LogP contribution in [-0.2, 0) is 9.47 Å². The molecule has 122 valence electrons. The van der Waals surface area contributed by atoms with Gasteiger partial charge in [-0.05, 0) is 32.7 Å². The molecule has 3 fully saturated rings. The van der Waals surface area contributed by atoms with E-state index in [2.05, 4.69) is 11.9 Å². The Labute approximate surface area is 128 Å². The molecular formula is C17H31NO3. The Morgan fingerprint density at radius 1 is 1.05 bits per heavy atom. The third-order valence-electron chi connectivity index (χ3n) is 5.82. The van der Waals surface area contributed by atoms with Crippen LogP contribution in [-0.4, -0.2) is 60.7 Å². The molecule has 2 heterocycles. The molecule has 1 N–H and O–H groups in total. The summed E-state index contributed by atoms with van der Waals surface area (Å²) in [5.41, 5.74) is -0.404. The summed E-state index contributed by atoms with van der Waals surface area (Å²) in [4.78, 5) is 2.39. The van der Waals surface area contributed by atoms with Crippen LogP contribution < -0.4 is 0 Å². The van der Waals surface area contributed by atoms with Crippen molar-refractivity contribution >= 4 is 0 Å². The highest BCUT2D eigenvalue weighted by molar-refractivity contribution is 4.94. The van der Waals surface area contributed by atoms with E-state index in [9.17, 15) is 5.11 Å². The number of hydrogen-bond donors (Lipinski definition) is 1. The van der Waals surface area contributed by atoms with Crippen LogP contribution in [0.2, 0.25) is 0 Å². The van der Waals surface area contributed by atoms with Crippen molar-refractivity contribution in [3.63, 3.8) is 0 Å². The van der Waals surface area contributed by atoms with Gasteiger partial charge in [0.15, 0.2) is 0 Å². The third kappa shape index (κ3) is 3.79. The van der Waals surface area contributed by atoms with Crippen LogP contribution in [0.4, 0.5) is 0 Å². The molecule has 1 unspecified atom stereocenters. The van der Waals surface area contributed by atoms with Crippen molar-refractivity contribution < 1.29 is 14.6 Å². The molecule has 3 aliphatic rings. The minimum Gasteiger partial charge on any atom is -0.388 e. The lowest BCUT2D eigenvalue weighted by molar-refractivity contribution is -0.134. The van der Waals surface area contributed by atoms with Crippen LogP contribution in [0, 0.1) is 0 Å². The van der Waals surface area contributed by atoms with Gasteiger partial charge in [0.1, 0.15) is 0 Å². The summed E-state index contributed by atoms with van der Waals surface area (Å²) in [6.45, 7) is 3.05. The van der Waals surface area contributed by atoms with Crippen LogP contribution in [0.15, 0.2) is 0 Å². The standard InChI is InChI=1S/C17H31NO3/c1-18(14-16(19)8-11-20-12-9-16)15-5-10-21-17(13-15)6-3-2-4-7-17/h15,19H,2-14H2,1H3. The van der Waals surface area contributed by atoms with Gasteiger partial charge in [-0.25, -0.2) is 0 Å². The van der Waals surface area contributed by atoms with E-state index in [0.717, 1.165) is 38.8 Å². The first-order chi connectivity index (χ1) is 10.1. The van der Waals surface area contributed by atoms with Gasteiger partial charge in [0.2, 0.25) is 0 Å². The Morgan fingerprint density at radius 2 is 1.76 bits per heavy atom. The molecule has 0 amide bonds. The van der Waals surface area contributed by atoms with Crippen molar-refractivity contribution in [2.45, 2.75) is 75.0 Å². The van der Waals surface area contributed by atoms with Crippen molar-refractivity contribution in [3.05, 3.63) is 0 Å². The normalized spacial score (nSPS) is 32.4. The lowest BCUT2D eigenvalue weighted by Gasteiger charge is -2.47. The molecule has 1 saturated carbocycles. The lowest BCUT2D eigenvalue weighted by atomic mass is 9.77. The molecule has 1 aliphatic carbocycles. The summed E-state index contributed by atoms with van der Waals surface area (Å²) in [6, 6.07) is 0.559. The predicted octanol–water partition coefficient (Wildman–Crippen LogP) is 2.34. The Kier molecular flexibility index (Phi) is 4.89. The fourth-order valence-corrected chi connectivity index (χ4v) is 4.43. The second kappa shape index (κ2) is 6.53. The van der Waals surface area contributed by atoms with Gasteiger partial charge in [-0.1, -0.05) is 19.3 Å². The molecular weight excluding hydrogens is 266 g/mol. The second-order valence-electron chi connectivity index (χ2n) is 7.49. The largest absolute Gasteiger partial charge is 0.388 e. The number of nitrogens with zero attached hydrogens (tertiary/aromatic N) is 1. The summed E-state index contributed by atoms with van der Waals surface area (Å²) in [5.74, 6) is 0. The van der Waals surface area contributed by atoms with E-state index >= 15 is 0 Å². The number of likely N-dealkylation sites (N-methyl/N-ethyl adjacent to an activating group) is 1. The van der Waals surface area contributed by atoms with Crippen LogP contribution in [0.3, 0.4) is 0 Å². The molecule has 0 bridgehead atoms. The molecule has 0 aromatic heterocycles. The zero-order chi connectivity index (χ0) is 14.8. The van der Waals surface area contributed by atoms with Crippen LogP contribution in [0.5, 0.6) is 0 Å². The van der Waals surface area contributed by atoms with Crippen molar-refractivity contribution in [1.29, 1.82) is 0 Å². The van der Waals surface area contributed by atoms with E-state index < -0.39 is 5.60 Å². The quantitative estimate of drug-likeness (QED) is 0.868. The molecule has 0 radical (unpaired) electrons. The lowest BCUT2D eigenvalue weighted by Crippen LogP contribution is -2.53. The maximum Gasteiger partial charge on any atom is 0.0817 e. The molecule has 3 rings (SSSR count). The first kappa shape index (κ1) is 15.7. The van der Waals surface area contributed by atoms with Gasteiger partial charge in [0.05, 0.1) is 11.2 Å². The maximum atomic E-state index is 10.7. The van der Waals surface area contributed by atoms with E-state index in [1.54, 1.807) is 0 Å². The van der Waals surface area contributed by atoms with Gasteiger partial charge in [-0.15, -0.1) is 0 Å². The fourth-order valence-electron chi connectivity index (χ4n) is 4.43. The maximum absolute atomic E-state index is 10.7. The molecule has 1 atom stereocenters. The minimum absolute atomic E-state index is 0.147. The molecule has 4 nitrogen and oxygen atoms in total. The van der Waals surface area contributed by atoms with Crippen LogP contribution >= 0.6 is 0 Å². The fraction of sp³-hybridized carbons (Fsp3) is 1.00. The Morgan fingerprint density at radius 3 is 2.48 bits per heavy atom. The first-order valence-electron chi connectivity index (χ1n) is 8.75. The van der Waals surface area contributed by atoms with E-state index in [4.69, 9.17) is 9.47 Å². The smallest absolute Gasteiger partial charge is 0.0817 e. The van der Waals surface area contributed by atoms with E-state index in [1.807, 2.05) is 0 Å². The summed E-state index contributed by atoms with van der Waals surface area (Å²) < 4.78 is 11.6. The molecule has 4 heteroatoms. The number of aliphatic hydroxyl groups is 1. The molecule has 2 aliphatic heterocycles. The van der Waals surface area contributed by atoms with Crippen molar-refractivity contribution in [1.82, 2.24) is 4.90 Å². The average Bonchev–Trinajstić information content (AvgIpc) is 2.48. The van der Waals surface area contributed by atoms with Gasteiger partial charge in [-0.3, -0.25) is 0 Å². The zero-order valence-corrected chi connectivity index (χ0v) is 13.5. The number of rotatable bonds is 3. The van der Waals surface area contributed by atoms with Crippen molar-refractivity contribution in [2.75, 3.05) is 33.4 Å². The van der Waals surface area contributed by atoms with Crippen molar-refractivity contribution in [2.24, 2.45) is 0 Å². The zero-order valence-electron chi connectivity index (χ0n) is 13.5. The number of hydrogen-bond acceptors (Lipinski definition) is 4. The highest BCUT2D eigenvalue weighted by atomic mass is 16.5. The topological polar surface area (TPSA) is 41.9 Å². The van der Waals surface area contributed by atoms with E-state index in [0.29, 0.717) is 19.3 Å². The molecule has 0 aromatic rings. The van der Waals surface area contributed by atoms with Crippen LogP contribution in [0.1, 0.15) is 57.8 Å². The van der Waals surface area contributed by atoms with Gasteiger partial charge in [-0.2, -0.15) is 0 Å². The number of ether oxygens (including phenoxy) is 2. The molecule has 1 spiro atoms. The predicted molar refractivity (Wildman–Crippen MR) is 82.4 cm³/mol. The Balaban J connectivity index is 1.57. The van der Waals surface area contributed by atoms with Gasteiger partial charge in [0.25, 0.3) is 0 Å². The van der Waals surface area contributed by atoms with Crippen LogP contribution in [0.25, 0.3) is 0 Å². The highest BCUT2D eigenvalue weighted by Gasteiger charge is 2.41.